The summed E-state index contributed by atoms with van der Waals surface area (Å²) in [5.41, 5.74) is 0.970. The van der Waals surface area contributed by atoms with Crippen molar-refractivity contribution >= 4 is 6.01 Å². The SMILES string of the molecule is CNCc1coc(N2CCCC2CN(C)C)n1. The summed E-state index contributed by atoms with van der Waals surface area (Å²) >= 11 is 0. The minimum atomic E-state index is 0.533. The van der Waals surface area contributed by atoms with Crippen LogP contribution in [0.1, 0.15) is 18.5 Å². The monoisotopic (exact) mass is 238 g/mol. The van der Waals surface area contributed by atoms with Gasteiger partial charge in [0.2, 0.25) is 0 Å². The number of nitrogens with one attached hydrogen (secondary N) is 1. The maximum atomic E-state index is 5.57. The number of anilines is 1. The molecule has 0 aromatic carbocycles. The van der Waals surface area contributed by atoms with Crippen LogP contribution >= 0.6 is 0 Å². The maximum Gasteiger partial charge on any atom is 0.297 e. The number of nitrogens with zero attached hydrogens (tertiary/aromatic N) is 3. The second-order valence-electron chi connectivity index (χ2n) is 4.90. The van der Waals surface area contributed by atoms with Crippen LogP contribution in [0.15, 0.2) is 10.7 Å². The minimum absolute atomic E-state index is 0.533. The van der Waals surface area contributed by atoms with Gasteiger partial charge in [-0.1, -0.05) is 0 Å². The van der Waals surface area contributed by atoms with Crippen LogP contribution < -0.4 is 10.2 Å². The van der Waals surface area contributed by atoms with E-state index in [0.29, 0.717) is 6.04 Å². The number of oxazole rings is 1. The van der Waals surface area contributed by atoms with Crippen molar-refractivity contribution in [2.24, 2.45) is 0 Å². The average Bonchev–Trinajstić information content (AvgIpc) is 2.86. The highest BCUT2D eigenvalue weighted by atomic mass is 16.4. The first-order valence-electron chi connectivity index (χ1n) is 6.21. The summed E-state index contributed by atoms with van der Waals surface area (Å²) in [5, 5.41) is 3.08. The molecule has 1 aromatic rings. The summed E-state index contributed by atoms with van der Waals surface area (Å²) in [5.74, 6) is 0. The zero-order valence-electron chi connectivity index (χ0n) is 10.9. The van der Waals surface area contributed by atoms with E-state index < -0.39 is 0 Å². The van der Waals surface area contributed by atoms with Crippen LogP contribution in [0.5, 0.6) is 0 Å². The number of hydrogen-bond acceptors (Lipinski definition) is 5. The molecule has 0 saturated carbocycles. The highest BCUT2D eigenvalue weighted by Crippen LogP contribution is 2.25. The third-order valence-electron chi connectivity index (χ3n) is 3.10. The highest BCUT2D eigenvalue weighted by molar-refractivity contribution is 5.31. The third-order valence-corrected chi connectivity index (χ3v) is 3.10. The first-order valence-corrected chi connectivity index (χ1v) is 6.21. The van der Waals surface area contributed by atoms with Crippen molar-refractivity contribution in [1.82, 2.24) is 15.2 Å². The first-order chi connectivity index (χ1) is 8.20. The van der Waals surface area contributed by atoms with Crippen LogP contribution in [0.3, 0.4) is 0 Å². The summed E-state index contributed by atoms with van der Waals surface area (Å²) < 4.78 is 5.57. The van der Waals surface area contributed by atoms with Gasteiger partial charge in [-0.15, -0.1) is 0 Å². The van der Waals surface area contributed by atoms with E-state index in [1.54, 1.807) is 6.26 Å². The summed E-state index contributed by atoms with van der Waals surface area (Å²) in [6.07, 6.45) is 4.20. The fourth-order valence-corrected chi connectivity index (χ4v) is 2.39. The molecule has 5 heteroatoms. The van der Waals surface area contributed by atoms with Gasteiger partial charge in [0.15, 0.2) is 0 Å². The van der Waals surface area contributed by atoms with Gasteiger partial charge in [0, 0.05) is 25.7 Å². The fourth-order valence-electron chi connectivity index (χ4n) is 2.39. The van der Waals surface area contributed by atoms with E-state index >= 15 is 0 Å². The van der Waals surface area contributed by atoms with Gasteiger partial charge >= 0.3 is 0 Å². The lowest BCUT2D eigenvalue weighted by molar-refractivity contribution is 0.365. The predicted molar refractivity (Wildman–Crippen MR) is 68.2 cm³/mol. The Morgan fingerprint density at radius 1 is 1.59 bits per heavy atom. The van der Waals surface area contributed by atoms with Gasteiger partial charge in [-0.25, -0.2) is 0 Å². The predicted octanol–water partition coefficient (Wildman–Crippen LogP) is 0.924. The van der Waals surface area contributed by atoms with Crippen LogP contribution in [0.4, 0.5) is 6.01 Å². The Kier molecular flexibility index (Phi) is 4.02. The van der Waals surface area contributed by atoms with E-state index in [9.17, 15) is 0 Å². The Labute approximate surface area is 103 Å². The van der Waals surface area contributed by atoms with Gasteiger partial charge in [0.1, 0.15) is 6.26 Å². The molecule has 2 rings (SSSR count). The second-order valence-corrected chi connectivity index (χ2v) is 4.90. The van der Waals surface area contributed by atoms with Crippen molar-refractivity contribution in [3.8, 4) is 0 Å². The number of likely N-dealkylation sites (N-methyl/N-ethyl adjacent to an activating group) is 1. The van der Waals surface area contributed by atoms with Crippen LogP contribution in [-0.4, -0.2) is 50.2 Å². The minimum Gasteiger partial charge on any atom is -0.432 e. The Morgan fingerprint density at radius 3 is 3.12 bits per heavy atom. The lowest BCUT2D eigenvalue weighted by Gasteiger charge is -2.25. The Hall–Kier alpha value is -1.07. The average molecular weight is 238 g/mol. The molecule has 0 radical (unpaired) electrons. The third kappa shape index (κ3) is 2.98. The lowest BCUT2D eigenvalue weighted by Crippen LogP contribution is -2.37. The van der Waals surface area contributed by atoms with Crippen LogP contribution in [0, 0.1) is 0 Å². The summed E-state index contributed by atoms with van der Waals surface area (Å²) in [4.78, 5) is 9.03. The molecule has 0 aliphatic carbocycles. The zero-order valence-corrected chi connectivity index (χ0v) is 10.9. The molecule has 96 valence electrons. The molecule has 1 aliphatic heterocycles. The van der Waals surface area contributed by atoms with Gasteiger partial charge in [0.05, 0.1) is 5.69 Å². The van der Waals surface area contributed by atoms with E-state index in [1.807, 2.05) is 7.05 Å². The topological polar surface area (TPSA) is 44.5 Å². The van der Waals surface area contributed by atoms with E-state index in [-0.39, 0.29) is 0 Å². The zero-order chi connectivity index (χ0) is 12.3. The molecule has 1 saturated heterocycles. The molecular formula is C12H22N4O. The lowest BCUT2D eigenvalue weighted by atomic mass is 10.2. The maximum absolute atomic E-state index is 5.57. The summed E-state index contributed by atoms with van der Waals surface area (Å²) in [6, 6.07) is 1.31. The molecule has 1 fully saturated rings. The standard InChI is InChI=1S/C12H22N4O/c1-13-7-10-9-17-12(14-10)16-6-4-5-11(16)8-15(2)3/h9,11,13H,4-8H2,1-3H3. The van der Waals surface area contributed by atoms with Gasteiger partial charge in [-0.3, -0.25) is 0 Å². The van der Waals surface area contributed by atoms with Gasteiger partial charge in [-0.2, -0.15) is 4.98 Å². The van der Waals surface area contributed by atoms with E-state index in [0.717, 1.165) is 31.3 Å². The first kappa shape index (κ1) is 12.4. The molecule has 1 aliphatic rings. The fraction of sp³-hybridized carbons (Fsp3) is 0.750. The van der Waals surface area contributed by atoms with Crippen molar-refractivity contribution in [2.45, 2.75) is 25.4 Å². The summed E-state index contributed by atoms with van der Waals surface area (Å²) in [6.45, 7) is 2.87. The molecule has 1 N–H and O–H groups in total. The number of aromatic nitrogens is 1. The van der Waals surface area contributed by atoms with E-state index in [2.05, 4.69) is 34.2 Å². The normalized spacial score (nSPS) is 20.5. The Morgan fingerprint density at radius 2 is 2.41 bits per heavy atom. The molecular weight excluding hydrogens is 216 g/mol. The van der Waals surface area contributed by atoms with Crippen LogP contribution in [-0.2, 0) is 6.54 Å². The van der Waals surface area contributed by atoms with Crippen molar-refractivity contribution in [3.63, 3.8) is 0 Å². The summed E-state index contributed by atoms with van der Waals surface area (Å²) in [7, 11) is 6.13. The van der Waals surface area contributed by atoms with E-state index in [4.69, 9.17) is 4.42 Å². The van der Waals surface area contributed by atoms with Crippen molar-refractivity contribution in [2.75, 3.05) is 39.1 Å². The molecule has 0 bridgehead atoms. The highest BCUT2D eigenvalue weighted by Gasteiger charge is 2.28. The van der Waals surface area contributed by atoms with Crippen LogP contribution in [0.2, 0.25) is 0 Å². The van der Waals surface area contributed by atoms with Crippen molar-refractivity contribution in [1.29, 1.82) is 0 Å². The smallest absolute Gasteiger partial charge is 0.297 e. The molecule has 1 aromatic heterocycles. The quantitative estimate of drug-likeness (QED) is 0.826. The largest absolute Gasteiger partial charge is 0.432 e. The number of hydrogen-bond donors (Lipinski definition) is 1. The molecule has 2 heterocycles. The van der Waals surface area contributed by atoms with E-state index in [1.165, 1.54) is 12.8 Å². The van der Waals surface area contributed by atoms with Gasteiger partial charge in [-0.05, 0) is 34.0 Å². The molecule has 0 amide bonds. The van der Waals surface area contributed by atoms with Gasteiger partial charge in [0.25, 0.3) is 6.01 Å². The molecule has 5 nitrogen and oxygen atoms in total. The molecule has 17 heavy (non-hydrogen) atoms. The Bertz CT molecular complexity index is 350. The number of rotatable bonds is 5. The molecule has 1 unspecified atom stereocenters. The van der Waals surface area contributed by atoms with Crippen molar-refractivity contribution in [3.05, 3.63) is 12.0 Å². The Balaban J connectivity index is 2.03. The molecule has 0 spiro atoms. The molecule has 1 atom stereocenters. The van der Waals surface area contributed by atoms with Crippen molar-refractivity contribution < 1.29 is 4.42 Å². The van der Waals surface area contributed by atoms with Gasteiger partial charge < -0.3 is 19.5 Å². The second kappa shape index (κ2) is 5.51. The van der Waals surface area contributed by atoms with Crippen LogP contribution in [0.25, 0.3) is 0 Å².